The molecule has 1 aliphatic rings. The van der Waals surface area contributed by atoms with Crippen molar-refractivity contribution in [2.45, 2.75) is 29.9 Å². The molecule has 0 bridgehead atoms. The van der Waals surface area contributed by atoms with E-state index in [0.717, 1.165) is 5.56 Å². The molecular formula is C14H20ClNO4S. The minimum atomic E-state index is -3.57. The molecule has 1 saturated heterocycles. The van der Waals surface area contributed by atoms with Gasteiger partial charge in [0.05, 0.1) is 17.1 Å². The number of ether oxygens (including phenoxy) is 2. The van der Waals surface area contributed by atoms with Gasteiger partial charge in [-0.05, 0) is 24.1 Å². The average Bonchev–Trinajstić information content (AvgIpc) is 2.91. The van der Waals surface area contributed by atoms with Gasteiger partial charge in [-0.1, -0.05) is 12.1 Å². The lowest BCUT2D eigenvalue weighted by atomic mass is 10.1. The van der Waals surface area contributed by atoms with Gasteiger partial charge in [-0.15, -0.1) is 11.6 Å². The van der Waals surface area contributed by atoms with Crippen molar-refractivity contribution < 1.29 is 17.9 Å². The molecule has 1 heterocycles. The zero-order valence-electron chi connectivity index (χ0n) is 12.4. The number of hydrogen-bond acceptors (Lipinski definition) is 4. The number of hydrogen-bond donors (Lipinski definition) is 0. The lowest BCUT2D eigenvalue weighted by molar-refractivity contribution is -0.00461. The second-order valence-electron chi connectivity index (χ2n) is 5.04. The van der Waals surface area contributed by atoms with E-state index in [1.807, 2.05) is 6.07 Å². The lowest BCUT2D eigenvalue weighted by Crippen LogP contribution is -2.30. The summed E-state index contributed by atoms with van der Waals surface area (Å²) in [6.45, 7) is 2.37. The SMILES string of the molecule is COC1CN(S(=O)(=O)c2cccc(CCl)c2C)CC1OC. The number of rotatable bonds is 5. The second-order valence-corrected chi connectivity index (χ2v) is 7.22. The van der Waals surface area contributed by atoms with E-state index in [9.17, 15) is 8.42 Å². The van der Waals surface area contributed by atoms with Crippen molar-refractivity contribution in [3.05, 3.63) is 29.3 Å². The van der Waals surface area contributed by atoms with Crippen molar-refractivity contribution in [1.82, 2.24) is 4.31 Å². The van der Waals surface area contributed by atoms with Crippen LogP contribution in [-0.2, 0) is 25.4 Å². The van der Waals surface area contributed by atoms with Gasteiger partial charge in [-0.3, -0.25) is 0 Å². The zero-order chi connectivity index (χ0) is 15.6. The Morgan fingerprint density at radius 1 is 1.24 bits per heavy atom. The highest BCUT2D eigenvalue weighted by atomic mass is 35.5. The fraction of sp³-hybridized carbons (Fsp3) is 0.571. The minimum absolute atomic E-state index is 0.249. The Bertz CT molecular complexity index is 593. The fourth-order valence-corrected chi connectivity index (χ4v) is 4.61. The number of halogens is 1. The molecule has 7 heteroatoms. The van der Waals surface area contributed by atoms with Gasteiger partial charge in [0.25, 0.3) is 0 Å². The zero-order valence-corrected chi connectivity index (χ0v) is 13.9. The molecule has 2 atom stereocenters. The number of sulfonamides is 1. The third-order valence-corrected chi connectivity index (χ3v) is 6.21. The van der Waals surface area contributed by atoms with Gasteiger partial charge >= 0.3 is 0 Å². The van der Waals surface area contributed by atoms with Crippen molar-refractivity contribution in [3.63, 3.8) is 0 Å². The van der Waals surface area contributed by atoms with Crippen LogP contribution < -0.4 is 0 Å². The molecule has 1 aromatic rings. The lowest BCUT2D eigenvalue weighted by Gasteiger charge is -2.18. The molecule has 1 fully saturated rings. The molecule has 0 spiro atoms. The molecule has 1 aromatic carbocycles. The van der Waals surface area contributed by atoms with E-state index < -0.39 is 10.0 Å². The standard InChI is InChI=1S/C14H20ClNO4S/c1-10-11(7-15)5-4-6-14(10)21(17,18)16-8-12(19-2)13(9-16)20-3/h4-6,12-13H,7-9H2,1-3H3. The smallest absolute Gasteiger partial charge is 0.243 e. The Balaban J connectivity index is 2.36. The molecule has 0 saturated carbocycles. The Kier molecular flexibility index (Phi) is 5.27. The quantitative estimate of drug-likeness (QED) is 0.771. The first-order valence-corrected chi connectivity index (χ1v) is 8.63. The summed E-state index contributed by atoms with van der Waals surface area (Å²) in [5.41, 5.74) is 1.52. The van der Waals surface area contributed by atoms with Crippen LogP contribution in [0.5, 0.6) is 0 Å². The topological polar surface area (TPSA) is 55.8 Å². The molecule has 5 nitrogen and oxygen atoms in total. The van der Waals surface area contributed by atoms with E-state index in [1.54, 1.807) is 33.3 Å². The van der Waals surface area contributed by atoms with Crippen LogP contribution in [0.4, 0.5) is 0 Å². The van der Waals surface area contributed by atoms with Crippen molar-refractivity contribution in [2.75, 3.05) is 27.3 Å². The van der Waals surface area contributed by atoms with Gasteiger partial charge in [0, 0.05) is 33.2 Å². The van der Waals surface area contributed by atoms with Gasteiger partial charge in [-0.25, -0.2) is 8.42 Å². The molecular weight excluding hydrogens is 314 g/mol. The molecule has 118 valence electrons. The molecule has 2 rings (SSSR count). The summed E-state index contributed by atoms with van der Waals surface area (Å²) < 4.78 is 37.6. The maximum Gasteiger partial charge on any atom is 0.243 e. The molecule has 21 heavy (non-hydrogen) atoms. The highest BCUT2D eigenvalue weighted by Gasteiger charge is 2.40. The maximum absolute atomic E-state index is 12.8. The van der Waals surface area contributed by atoms with Crippen LogP contribution in [-0.4, -0.2) is 52.2 Å². The summed E-state index contributed by atoms with van der Waals surface area (Å²) in [7, 11) is -0.450. The predicted octanol–water partition coefficient (Wildman–Crippen LogP) is 1.77. The normalized spacial score (nSPS) is 23.6. The highest BCUT2D eigenvalue weighted by Crippen LogP contribution is 2.27. The van der Waals surface area contributed by atoms with Crippen LogP contribution in [0.25, 0.3) is 0 Å². The Labute approximate surface area is 130 Å². The Morgan fingerprint density at radius 2 is 1.81 bits per heavy atom. The number of methoxy groups -OCH3 is 2. The first kappa shape index (κ1) is 16.7. The minimum Gasteiger partial charge on any atom is -0.377 e. The number of alkyl halides is 1. The highest BCUT2D eigenvalue weighted by molar-refractivity contribution is 7.89. The van der Waals surface area contributed by atoms with E-state index >= 15 is 0 Å². The van der Waals surface area contributed by atoms with Gasteiger partial charge in [0.1, 0.15) is 0 Å². The summed E-state index contributed by atoms with van der Waals surface area (Å²) >= 11 is 5.86. The molecule has 1 aliphatic heterocycles. The average molecular weight is 334 g/mol. The van der Waals surface area contributed by atoms with E-state index in [4.69, 9.17) is 21.1 Å². The predicted molar refractivity (Wildman–Crippen MR) is 81.1 cm³/mol. The third kappa shape index (κ3) is 3.10. The Hall–Kier alpha value is -0.660. The van der Waals surface area contributed by atoms with E-state index in [1.165, 1.54) is 4.31 Å². The molecule has 0 aliphatic carbocycles. The first-order valence-electron chi connectivity index (χ1n) is 6.66. The molecule has 0 amide bonds. The number of benzene rings is 1. The van der Waals surface area contributed by atoms with Crippen molar-refractivity contribution in [2.24, 2.45) is 0 Å². The summed E-state index contributed by atoms with van der Waals surface area (Å²) in [6, 6.07) is 5.17. The first-order chi connectivity index (χ1) is 9.95. The van der Waals surface area contributed by atoms with Crippen molar-refractivity contribution in [1.29, 1.82) is 0 Å². The van der Waals surface area contributed by atoms with Gasteiger partial charge in [-0.2, -0.15) is 4.31 Å². The molecule has 0 aromatic heterocycles. The number of nitrogens with zero attached hydrogens (tertiary/aromatic N) is 1. The van der Waals surface area contributed by atoms with Crippen LogP contribution in [0.1, 0.15) is 11.1 Å². The van der Waals surface area contributed by atoms with Crippen LogP contribution in [0, 0.1) is 6.92 Å². The molecule has 0 N–H and O–H groups in total. The molecule has 0 radical (unpaired) electrons. The second kappa shape index (κ2) is 6.62. The van der Waals surface area contributed by atoms with Crippen LogP contribution in [0.15, 0.2) is 23.1 Å². The van der Waals surface area contributed by atoms with Crippen LogP contribution >= 0.6 is 11.6 Å². The van der Waals surface area contributed by atoms with Crippen LogP contribution in [0.2, 0.25) is 0 Å². The van der Waals surface area contributed by atoms with E-state index in [-0.39, 0.29) is 18.1 Å². The van der Waals surface area contributed by atoms with E-state index in [2.05, 4.69) is 0 Å². The third-order valence-electron chi connectivity index (χ3n) is 3.95. The van der Waals surface area contributed by atoms with Gasteiger partial charge < -0.3 is 9.47 Å². The fourth-order valence-electron chi connectivity index (χ4n) is 2.58. The monoisotopic (exact) mass is 333 g/mol. The van der Waals surface area contributed by atoms with Crippen molar-refractivity contribution >= 4 is 21.6 Å². The largest absolute Gasteiger partial charge is 0.377 e. The summed E-state index contributed by atoms with van der Waals surface area (Å²) in [6.07, 6.45) is -0.498. The molecule has 2 unspecified atom stereocenters. The van der Waals surface area contributed by atoms with Gasteiger partial charge in [0.15, 0.2) is 0 Å². The van der Waals surface area contributed by atoms with Gasteiger partial charge in [0.2, 0.25) is 10.0 Å². The summed E-state index contributed by atoms with van der Waals surface area (Å²) in [5, 5.41) is 0. The van der Waals surface area contributed by atoms with E-state index in [0.29, 0.717) is 23.5 Å². The van der Waals surface area contributed by atoms with Crippen LogP contribution in [0.3, 0.4) is 0 Å². The summed E-state index contributed by atoms with van der Waals surface area (Å²) in [5.74, 6) is 0.288. The maximum atomic E-state index is 12.8. The Morgan fingerprint density at radius 3 is 2.29 bits per heavy atom. The summed E-state index contributed by atoms with van der Waals surface area (Å²) in [4.78, 5) is 0.298. The van der Waals surface area contributed by atoms with Crippen molar-refractivity contribution in [3.8, 4) is 0 Å².